The number of allylic oxidation sites excluding steroid dienone is 8. The molecular weight excluding hydrogens is 707 g/mol. The van der Waals surface area contributed by atoms with Crippen molar-refractivity contribution in [1.29, 1.82) is 0 Å². The van der Waals surface area contributed by atoms with Crippen molar-refractivity contribution in [2.45, 2.75) is 219 Å². The van der Waals surface area contributed by atoms with E-state index in [1.165, 1.54) is 116 Å². The number of hydrogen-bond donors (Lipinski definition) is 4. The Balaban J connectivity index is 4.09. The van der Waals surface area contributed by atoms with Crippen LogP contribution in [0.15, 0.2) is 48.6 Å². The molecule has 0 radical (unpaired) electrons. The molecule has 3 unspecified atom stereocenters. The average Bonchev–Trinajstić information content (AvgIpc) is 3.17. The number of phosphoric acid groups is 1. The number of hydrogen-bond acceptors (Lipinski definition) is 6. The number of unbranched alkanes of at least 4 members (excludes halogenated alkanes) is 22. The van der Waals surface area contributed by atoms with E-state index in [1.54, 1.807) is 0 Å². The van der Waals surface area contributed by atoms with E-state index < -0.39 is 20.0 Å². The van der Waals surface area contributed by atoms with E-state index in [4.69, 9.17) is 14.8 Å². The maximum Gasteiger partial charge on any atom is 0.472 e. The summed E-state index contributed by atoms with van der Waals surface area (Å²) in [7, 11) is -4.32. The van der Waals surface area contributed by atoms with Gasteiger partial charge in [0.1, 0.15) is 0 Å². The molecule has 5 N–H and O–H groups in total. The minimum absolute atomic E-state index is 0.0868. The summed E-state index contributed by atoms with van der Waals surface area (Å²) in [5.74, 6) is -0.168. The van der Waals surface area contributed by atoms with E-state index >= 15 is 0 Å². The lowest BCUT2D eigenvalue weighted by Crippen LogP contribution is -2.46. The van der Waals surface area contributed by atoms with E-state index in [-0.39, 0.29) is 25.7 Å². The molecule has 0 aromatic heterocycles. The first kappa shape index (κ1) is 53.5. The first-order chi connectivity index (χ1) is 26.9. The molecule has 0 aliphatic carbocycles. The van der Waals surface area contributed by atoms with Crippen molar-refractivity contribution < 1.29 is 28.4 Å². The van der Waals surface area contributed by atoms with Crippen molar-refractivity contribution in [3.05, 3.63) is 48.6 Å². The largest absolute Gasteiger partial charge is 0.472 e. The van der Waals surface area contributed by atoms with Gasteiger partial charge in [-0.05, 0) is 51.4 Å². The van der Waals surface area contributed by atoms with E-state index in [0.717, 1.165) is 64.2 Å². The van der Waals surface area contributed by atoms with Crippen molar-refractivity contribution in [1.82, 2.24) is 5.32 Å². The Bertz CT molecular complexity index is 1000. The van der Waals surface area contributed by atoms with Gasteiger partial charge in [0.2, 0.25) is 5.91 Å². The fraction of sp³-hybridized carbons (Fsp3) is 0.804. The third kappa shape index (κ3) is 40.5. The van der Waals surface area contributed by atoms with E-state index in [2.05, 4.69) is 67.8 Å². The SMILES string of the molecule is CC/C=C\C/C=C\C/C=C\C/C=C\CCCCCCCCCCCCC(=O)NC(COP(=O)(O)OCCN)C(O)CCCCCCCCCCCCCCC. The van der Waals surface area contributed by atoms with Crippen LogP contribution in [0.25, 0.3) is 0 Å². The molecule has 0 spiro atoms. The molecule has 0 fully saturated rings. The summed E-state index contributed by atoms with van der Waals surface area (Å²) in [5, 5.41) is 13.8. The molecule has 0 heterocycles. The van der Waals surface area contributed by atoms with Gasteiger partial charge in [0.05, 0.1) is 25.4 Å². The van der Waals surface area contributed by atoms with E-state index in [1.807, 2.05) is 0 Å². The van der Waals surface area contributed by atoms with Crippen molar-refractivity contribution >= 4 is 13.7 Å². The third-order valence-electron chi connectivity index (χ3n) is 9.95. The number of carbonyl (C=O) groups is 1. The number of nitrogens with one attached hydrogen (secondary N) is 1. The maximum atomic E-state index is 12.8. The molecule has 0 aliphatic heterocycles. The van der Waals surface area contributed by atoms with Gasteiger partial charge in [-0.2, -0.15) is 0 Å². The number of rotatable bonds is 42. The van der Waals surface area contributed by atoms with Gasteiger partial charge in [-0.25, -0.2) is 4.57 Å². The molecule has 0 saturated heterocycles. The molecular formula is C46H87N2O6P. The molecule has 0 aromatic rings. The van der Waals surface area contributed by atoms with Crippen LogP contribution in [-0.4, -0.2) is 47.8 Å². The number of nitrogens with two attached hydrogens (primary N) is 1. The van der Waals surface area contributed by atoms with Crippen LogP contribution < -0.4 is 11.1 Å². The normalized spacial score (nSPS) is 14.5. The third-order valence-corrected chi connectivity index (χ3v) is 10.9. The highest BCUT2D eigenvalue weighted by Gasteiger charge is 2.27. The molecule has 3 atom stereocenters. The van der Waals surface area contributed by atoms with Crippen LogP contribution in [-0.2, 0) is 18.4 Å². The number of amides is 1. The summed E-state index contributed by atoms with van der Waals surface area (Å²) in [6.07, 6.45) is 51.2. The van der Waals surface area contributed by atoms with Gasteiger partial charge in [0, 0.05) is 13.0 Å². The molecule has 0 saturated carbocycles. The topological polar surface area (TPSA) is 131 Å². The van der Waals surface area contributed by atoms with Crippen molar-refractivity contribution in [2.75, 3.05) is 19.8 Å². The molecule has 8 nitrogen and oxygen atoms in total. The first-order valence-corrected chi connectivity index (χ1v) is 24.2. The second-order valence-corrected chi connectivity index (χ2v) is 16.7. The average molecular weight is 795 g/mol. The molecule has 0 aromatic carbocycles. The van der Waals surface area contributed by atoms with Crippen LogP contribution in [0.2, 0.25) is 0 Å². The summed E-state index contributed by atoms with van der Waals surface area (Å²) < 4.78 is 22.2. The van der Waals surface area contributed by atoms with E-state index in [0.29, 0.717) is 12.8 Å². The monoisotopic (exact) mass is 795 g/mol. The summed E-state index contributed by atoms with van der Waals surface area (Å²) in [5.41, 5.74) is 5.38. The van der Waals surface area contributed by atoms with Crippen LogP contribution in [0.3, 0.4) is 0 Å². The Morgan fingerprint density at radius 3 is 1.55 bits per heavy atom. The lowest BCUT2D eigenvalue weighted by atomic mass is 10.0. The number of aliphatic hydroxyl groups excluding tert-OH is 1. The molecule has 55 heavy (non-hydrogen) atoms. The van der Waals surface area contributed by atoms with Crippen LogP contribution in [0, 0.1) is 0 Å². The summed E-state index contributed by atoms with van der Waals surface area (Å²) in [6.45, 7) is 4.09. The van der Waals surface area contributed by atoms with Crippen molar-refractivity contribution in [3.8, 4) is 0 Å². The number of aliphatic hydroxyl groups is 1. The predicted molar refractivity (Wildman–Crippen MR) is 235 cm³/mol. The van der Waals surface area contributed by atoms with Crippen molar-refractivity contribution in [3.63, 3.8) is 0 Å². The zero-order chi connectivity index (χ0) is 40.3. The lowest BCUT2D eigenvalue weighted by Gasteiger charge is -2.25. The quantitative estimate of drug-likeness (QED) is 0.0275. The molecule has 0 aliphatic rings. The Hall–Kier alpha value is -1.54. The fourth-order valence-corrected chi connectivity index (χ4v) is 7.30. The van der Waals surface area contributed by atoms with Crippen LogP contribution in [0.4, 0.5) is 0 Å². The van der Waals surface area contributed by atoms with Gasteiger partial charge in [-0.1, -0.05) is 197 Å². The standard InChI is InChI=1S/C46H87N2O6P/c1-3-5-7-9-11-13-15-17-18-19-20-21-22-23-24-25-26-28-30-32-34-36-38-40-46(50)48-44(43-54-55(51,52)53-42-41-47)45(49)39-37-35-33-31-29-27-16-14-12-10-8-6-4-2/h5,7,11,13,17-18,20-21,44-45,49H,3-4,6,8-10,12,14-16,19,22-43,47H2,1-2H3,(H,48,50)(H,51,52)/b7-5-,13-11-,18-17-,21-20-. The Kier molecular flexibility index (Phi) is 40.9. The van der Waals surface area contributed by atoms with Gasteiger partial charge in [-0.3, -0.25) is 13.8 Å². The van der Waals surface area contributed by atoms with Crippen LogP contribution >= 0.6 is 7.82 Å². The Labute approximate surface area is 339 Å². The summed E-state index contributed by atoms with van der Waals surface area (Å²) in [4.78, 5) is 22.8. The second-order valence-electron chi connectivity index (χ2n) is 15.2. The van der Waals surface area contributed by atoms with Crippen molar-refractivity contribution in [2.24, 2.45) is 5.73 Å². The lowest BCUT2D eigenvalue weighted by molar-refractivity contribution is -0.123. The minimum atomic E-state index is -4.32. The van der Waals surface area contributed by atoms with Crippen LogP contribution in [0.5, 0.6) is 0 Å². The molecule has 0 rings (SSSR count). The zero-order valence-electron chi connectivity index (χ0n) is 35.7. The Morgan fingerprint density at radius 1 is 0.618 bits per heavy atom. The van der Waals surface area contributed by atoms with Crippen LogP contribution in [0.1, 0.15) is 206 Å². The van der Waals surface area contributed by atoms with Gasteiger partial charge in [0.15, 0.2) is 0 Å². The number of phosphoric ester groups is 1. The van der Waals surface area contributed by atoms with Gasteiger partial charge in [-0.15, -0.1) is 0 Å². The fourth-order valence-electron chi connectivity index (χ4n) is 6.54. The molecule has 322 valence electrons. The summed E-state index contributed by atoms with van der Waals surface area (Å²) >= 11 is 0. The highest BCUT2D eigenvalue weighted by atomic mass is 31.2. The van der Waals surface area contributed by atoms with Gasteiger partial charge in [0.25, 0.3) is 0 Å². The molecule has 0 bridgehead atoms. The van der Waals surface area contributed by atoms with Gasteiger partial charge < -0.3 is 21.1 Å². The second kappa shape index (κ2) is 42.1. The summed E-state index contributed by atoms with van der Waals surface area (Å²) in [6, 6.07) is -0.777. The maximum absolute atomic E-state index is 12.8. The smallest absolute Gasteiger partial charge is 0.391 e. The van der Waals surface area contributed by atoms with E-state index in [9.17, 15) is 19.4 Å². The Morgan fingerprint density at radius 2 is 1.05 bits per heavy atom. The molecule has 9 heteroatoms. The zero-order valence-corrected chi connectivity index (χ0v) is 36.6. The highest BCUT2D eigenvalue weighted by molar-refractivity contribution is 7.47. The minimum Gasteiger partial charge on any atom is -0.391 e. The first-order valence-electron chi connectivity index (χ1n) is 22.8. The highest BCUT2D eigenvalue weighted by Crippen LogP contribution is 2.43. The molecule has 1 amide bonds. The van der Waals surface area contributed by atoms with Gasteiger partial charge >= 0.3 is 7.82 Å². The predicted octanol–water partition coefficient (Wildman–Crippen LogP) is 12.9. The number of carbonyl (C=O) groups excluding carboxylic acids is 1.